The molecular weight excluding hydrogens is 290 g/mol. The van der Waals surface area contributed by atoms with Crippen molar-refractivity contribution in [2.24, 2.45) is 5.92 Å². The molecule has 0 aromatic heterocycles. The van der Waals surface area contributed by atoms with Gasteiger partial charge in [0.1, 0.15) is 12.6 Å². The van der Waals surface area contributed by atoms with E-state index in [2.05, 4.69) is 22.5 Å². The van der Waals surface area contributed by atoms with Crippen LogP contribution in [0.5, 0.6) is 0 Å². The van der Waals surface area contributed by atoms with Crippen molar-refractivity contribution in [3.05, 3.63) is 12.2 Å². The smallest absolute Gasteiger partial charge is 0.322 e. The molecule has 124 valence electrons. The van der Waals surface area contributed by atoms with E-state index in [0.717, 1.165) is 0 Å². The van der Waals surface area contributed by atoms with Gasteiger partial charge in [0.05, 0.1) is 6.54 Å². The molecule has 0 aliphatic rings. The first-order chi connectivity index (χ1) is 10.1. The van der Waals surface area contributed by atoms with Crippen molar-refractivity contribution < 1.29 is 24.3 Å². The van der Waals surface area contributed by atoms with E-state index in [-0.39, 0.29) is 18.0 Å². The van der Waals surface area contributed by atoms with Gasteiger partial charge in [0, 0.05) is 5.57 Å². The topological polar surface area (TPSA) is 125 Å². The molecule has 0 bridgehead atoms. The molecule has 0 fully saturated rings. The van der Waals surface area contributed by atoms with Crippen LogP contribution in [0.15, 0.2) is 12.2 Å². The summed E-state index contributed by atoms with van der Waals surface area (Å²) in [5.41, 5.74) is 0.269. The monoisotopic (exact) mass is 313 g/mol. The highest BCUT2D eigenvalue weighted by atomic mass is 16.4. The van der Waals surface area contributed by atoms with Gasteiger partial charge in [-0.05, 0) is 19.3 Å². The van der Waals surface area contributed by atoms with Crippen LogP contribution < -0.4 is 16.0 Å². The number of hydrogen-bond donors (Lipinski definition) is 4. The highest BCUT2D eigenvalue weighted by molar-refractivity contribution is 5.95. The van der Waals surface area contributed by atoms with E-state index in [4.69, 9.17) is 5.11 Å². The van der Waals surface area contributed by atoms with Crippen LogP contribution in [-0.4, -0.2) is 47.9 Å². The molecule has 0 aliphatic carbocycles. The maximum atomic E-state index is 11.9. The molecule has 0 aliphatic heterocycles. The minimum absolute atomic E-state index is 0.117. The molecule has 22 heavy (non-hydrogen) atoms. The number of carboxylic acids is 1. The molecule has 0 unspecified atom stereocenters. The highest BCUT2D eigenvalue weighted by Gasteiger charge is 2.22. The molecule has 0 heterocycles. The Balaban J connectivity index is 4.53. The van der Waals surface area contributed by atoms with Crippen LogP contribution in [0.3, 0.4) is 0 Å². The predicted molar refractivity (Wildman–Crippen MR) is 79.9 cm³/mol. The third kappa shape index (κ3) is 8.72. The minimum Gasteiger partial charge on any atom is -0.480 e. The van der Waals surface area contributed by atoms with Gasteiger partial charge >= 0.3 is 5.97 Å². The zero-order valence-corrected chi connectivity index (χ0v) is 13.1. The summed E-state index contributed by atoms with van der Waals surface area (Å²) in [6, 6.07) is -0.853. The summed E-state index contributed by atoms with van der Waals surface area (Å²) in [6.07, 6.45) is 0.353. The average Bonchev–Trinajstić information content (AvgIpc) is 2.40. The number of carboxylic acid groups (broad SMARTS) is 1. The standard InChI is InChI=1S/C14H23N3O5/c1-8(2)5-10(14(22)16-7-12(19)20)17-11(18)6-15-13(21)9(3)4/h8,10H,3,5-7H2,1-2,4H3,(H,15,21)(H,16,22)(H,17,18)(H,19,20)/t10-/m0/s1. The second-order valence-corrected chi connectivity index (χ2v) is 5.32. The third-order valence-electron chi connectivity index (χ3n) is 2.57. The summed E-state index contributed by atoms with van der Waals surface area (Å²) in [4.78, 5) is 45.4. The first kappa shape index (κ1) is 19.6. The predicted octanol–water partition coefficient (Wildman–Crippen LogP) is -0.590. The zero-order valence-electron chi connectivity index (χ0n) is 13.1. The number of nitrogens with one attached hydrogen (secondary N) is 3. The van der Waals surface area contributed by atoms with E-state index in [0.29, 0.717) is 6.42 Å². The first-order valence-electron chi connectivity index (χ1n) is 6.86. The fourth-order valence-electron chi connectivity index (χ4n) is 1.55. The number of carbonyl (C=O) groups is 4. The van der Waals surface area contributed by atoms with Crippen LogP contribution in [0.2, 0.25) is 0 Å². The molecule has 0 radical (unpaired) electrons. The molecule has 0 spiro atoms. The molecule has 1 atom stereocenters. The molecule has 0 saturated carbocycles. The van der Waals surface area contributed by atoms with Gasteiger partial charge in [-0.2, -0.15) is 0 Å². The van der Waals surface area contributed by atoms with Crippen molar-refractivity contribution >= 4 is 23.7 Å². The van der Waals surface area contributed by atoms with E-state index in [1.807, 2.05) is 13.8 Å². The lowest BCUT2D eigenvalue weighted by atomic mass is 10.0. The molecule has 0 aromatic carbocycles. The van der Waals surface area contributed by atoms with E-state index in [1.165, 1.54) is 6.92 Å². The number of amides is 3. The van der Waals surface area contributed by atoms with Gasteiger partial charge in [-0.25, -0.2) is 0 Å². The SMILES string of the molecule is C=C(C)C(=O)NCC(=O)N[C@@H](CC(C)C)C(=O)NCC(=O)O. The van der Waals surface area contributed by atoms with Crippen molar-refractivity contribution in [3.63, 3.8) is 0 Å². The summed E-state index contributed by atoms with van der Waals surface area (Å²) in [5.74, 6) is -2.62. The van der Waals surface area contributed by atoms with Gasteiger partial charge in [-0.15, -0.1) is 0 Å². The Morgan fingerprint density at radius 2 is 1.68 bits per heavy atom. The normalized spacial score (nSPS) is 11.5. The van der Waals surface area contributed by atoms with Crippen molar-refractivity contribution in [2.45, 2.75) is 33.2 Å². The lowest BCUT2D eigenvalue weighted by molar-refractivity contribution is -0.138. The van der Waals surface area contributed by atoms with Gasteiger partial charge in [-0.3, -0.25) is 19.2 Å². The lowest BCUT2D eigenvalue weighted by Crippen LogP contribution is -2.50. The maximum Gasteiger partial charge on any atom is 0.322 e. The Hall–Kier alpha value is -2.38. The van der Waals surface area contributed by atoms with Gasteiger partial charge in [0.25, 0.3) is 0 Å². The van der Waals surface area contributed by atoms with Crippen LogP contribution in [0.4, 0.5) is 0 Å². The molecule has 4 N–H and O–H groups in total. The van der Waals surface area contributed by atoms with Gasteiger partial charge < -0.3 is 21.1 Å². The zero-order chi connectivity index (χ0) is 17.3. The highest BCUT2D eigenvalue weighted by Crippen LogP contribution is 2.04. The van der Waals surface area contributed by atoms with Crippen LogP contribution in [0.25, 0.3) is 0 Å². The van der Waals surface area contributed by atoms with E-state index in [9.17, 15) is 19.2 Å². The van der Waals surface area contributed by atoms with Crippen LogP contribution in [0.1, 0.15) is 27.2 Å². The molecule has 8 nitrogen and oxygen atoms in total. The van der Waals surface area contributed by atoms with Gasteiger partial charge in [0.15, 0.2) is 0 Å². The fourth-order valence-corrected chi connectivity index (χ4v) is 1.55. The number of rotatable bonds is 9. The largest absolute Gasteiger partial charge is 0.480 e. The van der Waals surface area contributed by atoms with Crippen molar-refractivity contribution in [2.75, 3.05) is 13.1 Å². The van der Waals surface area contributed by atoms with Crippen molar-refractivity contribution in [3.8, 4) is 0 Å². The van der Waals surface area contributed by atoms with E-state index in [1.54, 1.807) is 0 Å². The summed E-state index contributed by atoms with van der Waals surface area (Å²) >= 11 is 0. The third-order valence-corrected chi connectivity index (χ3v) is 2.57. The quantitative estimate of drug-likeness (QED) is 0.424. The van der Waals surface area contributed by atoms with Crippen molar-refractivity contribution in [1.29, 1.82) is 0 Å². The summed E-state index contributed by atoms with van der Waals surface area (Å²) < 4.78 is 0. The molecule has 0 aromatic rings. The molecule has 8 heteroatoms. The van der Waals surface area contributed by atoms with Gasteiger partial charge in [0.2, 0.25) is 17.7 Å². The number of aliphatic carboxylic acids is 1. The molecule has 0 saturated heterocycles. The van der Waals surface area contributed by atoms with Crippen molar-refractivity contribution in [1.82, 2.24) is 16.0 Å². The maximum absolute atomic E-state index is 11.9. The number of hydrogen-bond acceptors (Lipinski definition) is 4. The lowest BCUT2D eigenvalue weighted by Gasteiger charge is -2.20. The molecule has 3 amide bonds. The van der Waals surface area contributed by atoms with E-state index >= 15 is 0 Å². The Morgan fingerprint density at radius 3 is 2.14 bits per heavy atom. The van der Waals surface area contributed by atoms with Crippen LogP contribution in [0, 0.1) is 5.92 Å². The number of carbonyl (C=O) groups excluding carboxylic acids is 3. The Bertz CT molecular complexity index is 459. The summed E-state index contributed by atoms with van der Waals surface area (Å²) in [6.45, 7) is 7.88. The summed E-state index contributed by atoms with van der Waals surface area (Å²) in [7, 11) is 0. The average molecular weight is 313 g/mol. The Morgan fingerprint density at radius 1 is 1.09 bits per heavy atom. The second kappa shape index (κ2) is 9.54. The van der Waals surface area contributed by atoms with Crippen LogP contribution >= 0.6 is 0 Å². The Kier molecular flexibility index (Phi) is 8.51. The fraction of sp³-hybridized carbons (Fsp3) is 0.571. The molecule has 0 rings (SSSR count). The van der Waals surface area contributed by atoms with Crippen LogP contribution in [-0.2, 0) is 19.2 Å². The minimum atomic E-state index is -1.17. The van der Waals surface area contributed by atoms with E-state index < -0.39 is 36.3 Å². The summed E-state index contributed by atoms with van der Waals surface area (Å²) in [5, 5.41) is 15.6. The first-order valence-corrected chi connectivity index (χ1v) is 6.86. The molecular formula is C14H23N3O5. The van der Waals surface area contributed by atoms with Gasteiger partial charge in [-0.1, -0.05) is 20.4 Å². The Labute approximate surface area is 129 Å². The second-order valence-electron chi connectivity index (χ2n) is 5.32.